The number of rotatable bonds is 5. The van der Waals surface area contributed by atoms with Crippen molar-refractivity contribution in [2.24, 2.45) is 0 Å². The molecule has 0 saturated heterocycles. The Morgan fingerprint density at radius 2 is 2.31 bits per heavy atom. The summed E-state index contributed by atoms with van der Waals surface area (Å²) in [4.78, 5) is 22.3. The SMILES string of the molecule is COC(=O)CCCNC(=O)c1csc(Br)c1. The zero-order valence-electron chi connectivity index (χ0n) is 8.79. The molecule has 0 unspecified atom stereocenters. The van der Waals surface area contributed by atoms with Gasteiger partial charge in [-0.2, -0.15) is 0 Å². The minimum Gasteiger partial charge on any atom is -0.469 e. The van der Waals surface area contributed by atoms with Crippen molar-refractivity contribution in [3.05, 3.63) is 20.8 Å². The largest absolute Gasteiger partial charge is 0.469 e. The number of halogens is 1. The van der Waals surface area contributed by atoms with Gasteiger partial charge in [-0.25, -0.2) is 0 Å². The van der Waals surface area contributed by atoms with E-state index in [0.717, 1.165) is 3.79 Å². The van der Waals surface area contributed by atoms with E-state index in [0.29, 0.717) is 24.9 Å². The van der Waals surface area contributed by atoms with Crippen LogP contribution >= 0.6 is 27.3 Å². The molecule has 88 valence electrons. The number of hydrogen-bond donors (Lipinski definition) is 1. The predicted molar refractivity (Wildman–Crippen MR) is 65.6 cm³/mol. The third-order valence-corrected chi connectivity index (χ3v) is 3.41. The van der Waals surface area contributed by atoms with Crippen LogP contribution in [0.1, 0.15) is 23.2 Å². The van der Waals surface area contributed by atoms with Crippen molar-refractivity contribution in [3.8, 4) is 0 Å². The Labute approximate surface area is 106 Å². The number of thiophene rings is 1. The first kappa shape index (κ1) is 13.2. The molecule has 1 rings (SSSR count). The maximum absolute atomic E-state index is 11.5. The Bertz CT molecular complexity index is 378. The average molecular weight is 306 g/mol. The highest BCUT2D eigenvalue weighted by Crippen LogP contribution is 2.20. The number of methoxy groups -OCH3 is 1. The second-order valence-electron chi connectivity index (χ2n) is 3.08. The van der Waals surface area contributed by atoms with Crippen molar-refractivity contribution in [1.29, 1.82) is 0 Å². The van der Waals surface area contributed by atoms with E-state index in [4.69, 9.17) is 0 Å². The Kier molecular flexibility index (Phi) is 5.48. The number of hydrogen-bond acceptors (Lipinski definition) is 4. The van der Waals surface area contributed by atoms with Crippen LogP contribution in [0, 0.1) is 0 Å². The molecule has 0 saturated carbocycles. The molecule has 0 fully saturated rings. The standard InChI is InChI=1S/C10H12BrNO3S/c1-15-9(13)3-2-4-12-10(14)7-5-8(11)16-6-7/h5-6H,2-4H2,1H3,(H,12,14). The topological polar surface area (TPSA) is 55.4 Å². The van der Waals surface area contributed by atoms with Crippen molar-refractivity contribution in [1.82, 2.24) is 5.32 Å². The molecule has 0 aliphatic heterocycles. The van der Waals surface area contributed by atoms with Gasteiger partial charge in [0.2, 0.25) is 0 Å². The second kappa shape index (κ2) is 6.65. The van der Waals surface area contributed by atoms with Crippen LogP contribution in [0.5, 0.6) is 0 Å². The number of nitrogens with one attached hydrogen (secondary N) is 1. The van der Waals surface area contributed by atoms with E-state index in [1.165, 1.54) is 18.4 Å². The van der Waals surface area contributed by atoms with E-state index in [9.17, 15) is 9.59 Å². The Balaban J connectivity index is 2.23. The molecule has 16 heavy (non-hydrogen) atoms. The van der Waals surface area contributed by atoms with Crippen LogP contribution in [-0.2, 0) is 9.53 Å². The zero-order valence-corrected chi connectivity index (χ0v) is 11.2. The molecular weight excluding hydrogens is 294 g/mol. The van der Waals surface area contributed by atoms with E-state index in [1.54, 1.807) is 11.4 Å². The van der Waals surface area contributed by atoms with Gasteiger partial charge in [0.05, 0.1) is 16.5 Å². The number of ether oxygens (including phenoxy) is 1. The summed E-state index contributed by atoms with van der Waals surface area (Å²) in [5, 5.41) is 4.51. The minimum absolute atomic E-state index is 0.119. The lowest BCUT2D eigenvalue weighted by Crippen LogP contribution is -2.24. The van der Waals surface area contributed by atoms with Gasteiger partial charge in [-0.05, 0) is 28.4 Å². The van der Waals surface area contributed by atoms with Crippen molar-refractivity contribution in [2.45, 2.75) is 12.8 Å². The Morgan fingerprint density at radius 1 is 1.56 bits per heavy atom. The van der Waals surface area contributed by atoms with Gasteiger partial charge in [0.15, 0.2) is 0 Å². The van der Waals surface area contributed by atoms with Gasteiger partial charge in [0, 0.05) is 18.3 Å². The van der Waals surface area contributed by atoms with Crippen LogP contribution in [0.2, 0.25) is 0 Å². The van der Waals surface area contributed by atoms with E-state index in [-0.39, 0.29) is 11.9 Å². The van der Waals surface area contributed by atoms with E-state index in [1.807, 2.05) is 0 Å². The maximum Gasteiger partial charge on any atom is 0.305 e. The van der Waals surface area contributed by atoms with Crippen LogP contribution in [0.4, 0.5) is 0 Å². The van der Waals surface area contributed by atoms with Gasteiger partial charge in [-0.1, -0.05) is 0 Å². The van der Waals surface area contributed by atoms with Crippen molar-refractivity contribution < 1.29 is 14.3 Å². The first-order valence-electron chi connectivity index (χ1n) is 4.72. The average Bonchev–Trinajstić information content (AvgIpc) is 2.70. The molecule has 0 bridgehead atoms. The Hall–Kier alpha value is -0.880. The number of carbonyl (C=O) groups is 2. The van der Waals surface area contributed by atoms with Crippen LogP contribution in [0.25, 0.3) is 0 Å². The summed E-state index contributed by atoms with van der Waals surface area (Å²) in [6.45, 7) is 0.474. The van der Waals surface area contributed by atoms with Crippen LogP contribution < -0.4 is 5.32 Å². The van der Waals surface area contributed by atoms with Crippen molar-refractivity contribution in [3.63, 3.8) is 0 Å². The number of carbonyl (C=O) groups excluding carboxylic acids is 2. The number of esters is 1. The summed E-state index contributed by atoms with van der Waals surface area (Å²) in [7, 11) is 1.35. The van der Waals surface area contributed by atoms with Gasteiger partial charge < -0.3 is 10.1 Å². The van der Waals surface area contributed by atoms with Gasteiger partial charge in [-0.15, -0.1) is 11.3 Å². The van der Waals surface area contributed by atoms with Gasteiger partial charge >= 0.3 is 5.97 Å². The molecule has 1 N–H and O–H groups in total. The molecule has 0 atom stereocenters. The molecule has 1 aromatic heterocycles. The van der Waals surface area contributed by atoms with Crippen molar-refractivity contribution >= 4 is 39.1 Å². The molecule has 0 radical (unpaired) electrons. The fourth-order valence-electron chi connectivity index (χ4n) is 1.07. The highest BCUT2D eigenvalue weighted by molar-refractivity contribution is 9.11. The van der Waals surface area contributed by atoms with Crippen LogP contribution in [0.15, 0.2) is 15.2 Å². The van der Waals surface area contributed by atoms with Crippen LogP contribution in [-0.4, -0.2) is 25.5 Å². The smallest absolute Gasteiger partial charge is 0.305 e. The highest BCUT2D eigenvalue weighted by Gasteiger charge is 2.07. The summed E-state index contributed by atoms with van der Waals surface area (Å²) >= 11 is 4.75. The minimum atomic E-state index is -0.257. The molecule has 0 aliphatic carbocycles. The molecule has 1 heterocycles. The monoisotopic (exact) mass is 305 g/mol. The molecule has 1 amide bonds. The van der Waals surface area contributed by atoms with Crippen LogP contribution in [0.3, 0.4) is 0 Å². The molecule has 6 heteroatoms. The number of amides is 1. The van der Waals surface area contributed by atoms with Crippen molar-refractivity contribution in [2.75, 3.05) is 13.7 Å². The van der Waals surface area contributed by atoms with E-state index < -0.39 is 0 Å². The summed E-state index contributed by atoms with van der Waals surface area (Å²) in [5.74, 6) is -0.376. The third-order valence-electron chi connectivity index (χ3n) is 1.90. The third kappa shape index (κ3) is 4.32. The van der Waals surface area contributed by atoms with Gasteiger partial charge in [0.1, 0.15) is 0 Å². The zero-order chi connectivity index (χ0) is 12.0. The maximum atomic E-state index is 11.5. The first-order chi connectivity index (χ1) is 7.63. The molecule has 1 aromatic rings. The van der Waals surface area contributed by atoms with Gasteiger partial charge in [-0.3, -0.25) is 9.59 Å². The van der Waals surface area contributed by atoms with E-state index in [2.05, 4.69) is 26.0 Å². The lowest BCUT2D eigenvalue weighted by molar-refractivity contribution is -0.140. The molecule has 0 spiro atoms. The quantitative estimate of drug-likeness (QED) is 0.670. The summed E-state index contributed by atoms with van der Waals surface area (Å²) < 4.78 is 5.41. The second-order valence-corrected chi connectivity index (χ2v) is 5.37. The van der Waals surface area contributed by atoms with Gasteiger partial charge in [0.25, 0.3) is 5.91 Å². The fraction of sp³-hybridized carbons (Fsp3) is 0.400. The normalized spacial score (nSPS) is 9.88. The lowest BCUT2D eigenvalue weighted by Gasteiger charge is -2.02. The predicted octanol–water partition coefficient (Wildman–Crippen LogP) is 2.19. The van der Waals surface area contributed by atoms with E-state index >= 15 is 0 Å². The molecule has 0 aliphatic rings. The lowest BCUT2D eigenvalue weighted by atomic mass is 10.3. The Morgan fingerprint density at radius 3 is 2.88 bits per heavy atom. The molecule has 4 nitrogen and oxygen atoms in total. The summed E-state index contributed by atoms with van der Waals surface area (Å²) in [6, 6.07) is 1.76. The first-order valence-corrected chi connectivity index (χ1v) is 6.40. The summed E-state index contributed by atoms with van der Waals surface area (Å²) in [5.41, 5.74) is 0.634. The molecular formula is C10H12BrNO3S. The molecule has 0 aromatic carbocycles. The fourth-order valence-corrected chi connectivity index (χ4v) is 2.20. The highest BCUT2D eigenvalue weighted by atomic mass is 79.9. The summed E-state index contributed by atoms with van der Waals surface area (Å²) in [6.07, 6.45) is 0.911.